The van der Waals surface area contributed by atoms with E-state index >= 15 is 0 Å². The second-order valence-corrected chi connectivity index (χ2v) is 7.17. The summed E-state index contributed by atoms with van der Waals surface area (Å²) in [4.78, 5) is 2.38. The SMILES string of the molecule is CNS(=O)(=O)c1ccc(NCCCN(C)C(C)C)cc1N. The van der Waals surface area contributed by atoms with Crippen molar-refractivity contribution < 1.29 is 8.42 Å². The molecule has 0 amide bonds. The monoisotopic (exact) mass is 314 g/mol. The lowest BCUT2D eigenvalue weighted by molar-refractivity contribution is 0.273. The van der Waals surface area contributed by atoms with E-state index in [2.05, 4.69) is 35.8 Å². The zero-order valence-corrected chi connectivity index (χ0v) is 14.0. The number of rotatable bonds is 8. The second-order valence-electron chi connectivity index (χ2n) is 5.31. The summed E-state index contributed by atoms with van der Waals surface area (Å²) < 4.78 is 25.7. The van der Waals surface area contributed by atoms with Crippen LogP contribution in [-0.4, -0.2) is 46.5 Å². The lowest BCUT2D eigenvalue weighted by Gasteiger charge is -2.20. The number of nitrogen functional groups attached to an aromatic ring is 1. The number of sulfonamides is 1. The quantitative estimate of drug-likeness (QED) is 0.497. The molecule has 4 N–H and O–H groups in total. The third-order valence-corrected chi connectivity index (χ3v) is 4.95. The average molecular weight is 314 g/mol. The van der Waals surface area contributed by atoms with Gasteiger partial charge in [-0.1, -0.05) is 0 Å². The number of hydrogen-bond donors (Lipinski definition) is 3. The molecule has 1 rings (SSSR count). The Kier molecular flexibility index (Phi) is 6.44. The number of nitrogens with two attached hydrogens (primary N) is 1. The van der Waals surface area contributed by atoms with Gasteiger partial charge < -0.3 is 16.0 Å². The van der Waals surface area contributed by atoms with E-state index in [4.69, 9.17) is 5.73 Å². The molecule has 0 radical (unpaired) electrons. The van der Waals surface area contributed by atoms with E-state index in [9.17, 15) is 8.42 Å². The molecule has 0 saturated heterocycles. The van der Waals surface area contributed by atoms with Gasteiger partial charge in [-0.05, 0) is 59.1 Å². The second kappa shape index (κ2) is 7.63. The van der Waals surface area contributed by atoms with Crippen LogP contribution in [0.2, 0.25) is 0 Å². The molecule has 120 valence electrons. The highest BCUT2D eigenvalue weighted by atomic mass is 32.2. The molecule has 0 atom stereocenters. The molecule has 0 fully saturated rings. The molecule has 7 heteroatoms. The van der Waals surface area contributed by atoms with E-state index in [1.54, 1.807) is 12.1 Å². The summed E-state index contributed by atoms with van der Waals surface area (Å²) in [6.45, 7) is 6.14. The topological polar surface area (TPSA) is 87.5 Å². The van der Waals surface area contributed by atoms with Gasteiger partial charge in [0.2, 0.25) is 10.0 Å². The smallest absolute Gasteiger partial charge is 0.242 e. The van der Waals surface area contributed by atoms with Crippen molar-refractivity contribution in [3.8, 4) is 0 Å². The van der Waals surface area contributed by atoms with Gasteiger partial charge in [-0.3, -0.25) is 0 Å². The van der Waals surface area contributed by atoms with Crippen molar-refractivity contribution in [2.45, 2.75) is 31.2 Å². The molecular formula is C14H26N4O2S. The van der Waals surface area contributed by atoms with Crippen LogP contribution < -0.4 is 15.8 Å². The molecule has 0 aliphatic rings. The van der Waals surface area contributed by atoms with Crippen LogP contribution in [0.5, 0.6) is 0 Å². The highest BCUT2D eigenvalue weighted by molar-refractivity contribution is 7.89. The Balaban J connectivity index is 2.57. The first kappa shape index (κ1) is 17.7. The molecule has 0 aliphatic carbocycles. The summed E-state index contributed by atoms with van der Waals surface area (Å²) in [5.41, 5.74) is 6.88. The Morgan fingerprint density at radius 3 is 2.52 bits per heavy atom. The van der Waals surface area contributed by atoms with Crippen molar-refractivity contribution in [1.29, 1.82) is 0 Å². The predicted molar refractivity (Wildman–Crippen MR) is 88.0 cm³/mol. The molecule has 0 aliphatic heterocycles. The van der Waals surface area contributed by atoms with Crippen LogP contribution >= 0.6 is 0 Å². The van der Waals surface area contributed by atoms with Gasteiger partial charge in [0.1, 0.15) is 4.90 Å². The largest absolute Gasteiger partial charge is 0.398 e. The van der Waals surface area contributed by atoms with Gasteiger partial charge >= 0.3 is 0 Å². The third kappa shape index (κ3) is 5.18. The zero-order chi connectivity index (χ0) is 16.0. The summed E-state index contributed by atoms with van der Waals surface area (Å²) >= 11 is 0. The number of nitrogens with one attached hydrogen (secondary N) is 2. The molecule has 1 aromatic rings. The minimum Gasteiger partial charge on any atom is -0.398 e. The molecular weight excluding hydrogens is 288 g/mol. The Bertz CT molecular complexity index is 558. The van der Waals surface area contributed by atoms with Crippen LogP contribution in [0.25, 0.3) is 0 Å². The van der Waals surface area contributed by atoms with E-state index in [0.717, 1.165) is 25.2 Å². The summed E-state index contributed by atoms with van der Waals surface area (Å²) in [6.07, 6.45) is 1.01. The first-order valence-electron chi connectivity index (χ1n) is 7.05. The maximum atomic E-state index is 11.7. The van der Waals surface area contributed by atoms with E-state index in [-0.39, 0.29) is 10.6 Å². The Morgan fingerprint density at radius 1 is 1.33 bits per heavy atom. The molecule has 21 heavy (non-hydrogen) atoms. The van der Waals surface area contributed by atoms with Gasteiger partial charge in [0.05, 0.1) is 5.69 Å². The highest BCUT2D eigenvalue weighted by Crippen LogP contribution is 2.22. The Morgan fingerprint density at radius 2 is 2.00 bits per heavy atom. The fourth-order valence-electron chi connectivity index (χ4n) is 1.83. The molecule has 0 saturated carbocycles. The average Bonchev–Trinajstić information content (AvgIpc) is 2.43. The number of hydrogen-bond acceptors (Lipinski definition) is 5. The van der Waals surface area contributed by atoms with Gasteiger partial charge in [-0.15, -0.1) is 0 Å². The summed E-state index contributed by atoms with van der Waals surface area (Å²) in [5.74, 6) is 0. The minimum absolute atomic E-state index is 0.107. The van der Waals surface area contributed by atoms with Gasteiger partial charge in [0, 0.05) is 18.3 Å². The van der Waals surface area contributed by atoms with Crippen molar-refractivity contribution in [1.82, 2.24) is 9.62 Å². The van der Waals surface area contributed by atoms with Crippen molar-refractivity contribution in [2.24, 2.45) is 0 Å². The lowest BCUT2D eigenvalue weighted by atomic mass is 10.2. The molecule has 6 nitrogen and oxygen atoms in total. The summed E-state index contributed by atoms with van der Waals surface area (Å²) in [6, 6.07) is 5.43. The van der Waals surface area contributed by atoms with Crippen LogP contribution in [0.4, 0.5) is 11.4 Å². The van der Waals surface area contributed by atoms with Gasteiger partial charge in [0.15, 0.2) is 0 Å². The van der Waals surface area contributed by atoms with Crippen molar-refractivity contribution >= 4 is 21.4 Å². The standard InChI is InChI=1S/C14H26N4O2S/c1-11(2)18(4)9-5-8-17-12-6-7-14(13(15)10-12)21(19,20)16-3/h6-7,10-11,16-17H,5,8-9,15H2,1-4H3. The van der Waals surface area contributed by atoms with Gasteiger partial charge in [-0.2, -0.15) is 0 Å². The number of nitrogens with zero attached hydrogens (tertiary/aromatic N) is 1. The van der Waals surface area contributed by atoms with Crippen molar-refractivity contribution in [2.75, 3.05) is 38.2 Å². The molecule has 0 spiro atoms. The number of benzene rings is 1. The predicted octanol–water partition coefficient (Wildman–Crippen LogP) is 1.32. The van der Waals surface area contributed by atoms with E-state index in [0.29, 0.717) is 6.04 Å². The number of anilines is 2. The van der Waals surface area contributed by atoms with Crippen LogP contribution in [0.1, 0.15) is 20.3 Å². The van der Waals surface area contributed by atoms with Crippen LogP contribution in [-0.2, 0) is 10.0 Å². The Hall–Kier alpha value is -1.31. The zero-order valence-electron chi connectivity index (χ0n) is 13.2. The third-order valence-electron chi connectivity index (χ3n) is 3.47. The normalized spacial score (nSPS) is 12.1. The van der Waals surface area contributed by atoms with Gasteiger partial charge in [0.25, 0.3) is 0 Å². The van der Waals surface area contributed by atoms with Crippen LogP contribution in [0.15, 0.2) is 23.1 Å². The van der Waals surface area contributed by atoms with Crippen molar-refractivity contribution in [3.63, 3.8) is 0 Å². The van der Waals surface area contributed by atoms with Crippen molar-refractivity contribution in [3.05, 3.63) is 18.2 Å². The minimum atomic E-state index is -3.50. The first-order chi connectivity index (χ1) is 9.77. The summed E-state index contributed by atoms with van der Waals surface area (Å²) in [7, 11) is -0.0365. The maximum Gasteiger partial charge on any atom is 0.242 e. The first-order valence-corrected chi connectivity index (χ1v) is 8.53. The van der Waals surface area contributed by atoms with E-state index < -0.39 is 10.0 Å². The fraction of sp³-hybridized carbons (Fsp3) is 0.571. The van der Waals surface area contributed by atoms with Crippen LogP contribution in [0.3, 0.4) is 0 Å². The van der Waals surface area contributed by atoms with Gasteiger partial charge in [-0.25, -0.2) is 13.1 Å². The fourth-order valence-corrected chi connectivity index (χ4v) is 2.67. The summed E-state index contributed by atoms with van der Waals surface area (Å²) in [5, 5.41) is 3.25. The molecule has 0 unspecified atom stereocenters. The molecule has 1 aromatic carbocycles. The maximum absolute atomic E-state index is 11.7. The van der Waals surface area contributed by atoms with Crippen LogP contribution in [0, 0.1) is 0 Å². The molecule has 0 aromatic heterocycles. The highest BCUT2D eigenvalue weighted by Gasteiger charge is 2.15. The van der Waals surface area contributed by atoms with E-state index in [1.165, 1.54) is 13.1 Å². The lowest BCUT2D eigenvalue weighted by Crippen LogP contribution is -2.28. The molecule has 0 heterocycles. The molecule has 0 bridgehead atoms. The van der Waals surface area contributed by atoms with E-state index in [1.807, 2.05) is 0 Å². The Labute approximate surface area is 127 Å².